The number of piperazine rings is 1. The molecule has 190 valence electrons. The van der Waals surface area contributed by atoms with Gasteiger partial charge in [-0.25, -0.2) is 19.4 Å². The Bertz CT molecular complexity index is 1280. The molecule has 8 heteroatoms. The first-order chi connectivity index (χ1) is 17.3. The maximum atomic E-state index is 15.2. The van der Waals surface area contributed by atoms with Crippen molar-refractivity contribution in [3.8, 4) is 0 Å². The van der Waals surface area contributed by atoms with Gasteiger partial charge in [-0.2, -0.15) is 0 Å². The molecule has 3 aromatic rings. The Morgan fingerprint density at radius 1 is 1.17 bits per heavy atom. The molecule has 1 aromatic carbocycles. The SMILES string of the molecule is C=N/C=C(/C)C(=Nc1ccc(CN2CCN(CC)CC2)cn1)c1cc(F)c2nc(C)n(C(C)C)c2c1. The largest absolute Gasteiger partial charge is 0.326 e. The van der Waals surface area contributed by atoms with Crippen molar-refractivity contribution < 1.29 is 4.39 Å². The summed E-state index contributed by atoms with van der Waals surface area (Å²) >= 11 is 0. The average Bonchev–Trinajstić information content (AvgIpc) is 3.20. The van der Waals surface area contributed by atoms with E-state index < -0.39 is 0 Å². The number of likely N-dealkylation sites (N-methyl/N-ethyl adjacent to an activating group) is 1. The number of rotatable bonds is 8. The Morgan fingerprint density at radius 3 is 2.50 bits per heavy atom. The lowest BCUT2D eigenvalue weighted by Crippen LogP contribution is -2.45. The van der Waals surface area contributed by atoms with Crippen LogP contribution < -0.4 is 0 Å². The van der Waals surface area contributed by atoms with Crippen LogP contribution in [-0.2, 0) is 6.54 Å². The van der Waals surface area contributed by atoms with E-state index in [9.17, 15) is 0 Å². The van der Waals surface area contributed by atoms with Crippen molar-refractivity contribution in [3.05, 3.63) is 65.0 Å². The normalized spacial score (nSPS) is 16.3. The number of nitrogens with zero attached hydrogens (tertiary/aromatic N) is 7. The van der Waals surface area contributed by atoms with Crippen molar-refractivity contribution in [2.24, 2.45) is 9.98 Å². The van der Waals surface area contributed by atoms with E-state index >= 15 is 4.39 Å². The minimum absolute atomic E-state index is 0.149. The maximum Gasteiger partial charge on any atom is 0.152 e. The fourth-order valence-corrected chi connectivity index (χ4v) is 4.85. The van der Waals surface area contributed by atoms with Gasteiger partial charge in [0.25, 0.3) is 0 Å². The minimum Gasteiger partial charge on any atom is -0.326 e. The number of benzene rings is 1. The monoisotopic (exact) mass is 489 g/mol. The van der Waals surface area contributed by atoms with Crippen LogP contribution in [0.1, 0.15) is 50.7 Å². The quantitative estimate of drug-likeness (QED) is 0.402. The van der Waals surface area contributed by atoms with E-state index in [1.165, 1.54) is 6.07 Å². The predicted octanol–water partition coefficient (Wildman–Crippen LogP) is 5.32. The summed E-state index contributed by atoms with van der Waals surface area (Å²) in [5.41, 5.74) is 4.30. The second-order valence-corrected chi connectivity index (χ2v) is 9.64. The van der Waals surface area contributed by atoms with Crippen molar-refractivity contribution in [1.82, 2.24) is 24.3 Å². The van der Waals surface area contributed by atoms with E-state index in [4.69, 9.17) is 4.99 Å². The first-order valence-corrected chi connectivity index (χ1v) is 12.6. The van der Waals surface area contributed by atoms with Crippen LogP contribution in [0.15, 0.2) is 52.2 Å². The van der Waals surface area contributed by atoms with Crippen molar-refractivity contribution >= 4 is 29.3 Å². The molecule has 1 aliphatic rings. The first-order valence-electron chi connectivity index (χ1n) is 12.6. The van der Waals surface area contributed by atoms with Gasteiger partial charge in [0.2, 0.25) is 0 Å². The number of aromatic nitrogens is 3. The zero-order valence-electron chi connectivity index (χ0n) is 22.0. The van der Waals surface area contributed by atoms with Crippen LogP contribution in [0.2, 0.25) is 0 Å². The van der Waals surface area contributed by atoms with E-state index in [0.29, 0.717) is 22.6 Å². The van der Waals surface area contributed by atoms with Crippen molar-refractivity contribution in [1.29, 1.82) is 0 Å². The van der Waals surface area contributed by atoms with Gasteiger partial charge in [0.1, 0.15) is 11.3 Å². The maximum absolute atomic E-state index is 15.2. The second kappa shape index (κ2) is 11.2. The number of fused-ring (bicyclic) bond motifs is 1. The molecule has 0 N–H and O–H groups in total. The molecule has 0 saturated carbocycles. The summed E-state index contributed by atoms with van der Waals surface area (Å²) in [6.45, 7) is 20.0. The zero-order chi connectivity index (χ0) is 25.8. The molecule has 1 aliphatic heterocycles. The lowest BCUT2D eigenvalue weighted by molar-refractivity contribution is 0.132. The van der Waals surface area contributed by atoms with Crippen molar-refractivity contribution in [2.45, 2.75) is 47.2 Å². The van der Waals surface area contributed by atoms with Gasteiger partial charge in [0.15, 0.2) is 11.6 Å². The molecule has 0 aliphatic carbocycles. The topological polar surface area (TPSA) is 61.9 Å². The molecule has 2 aromatic heterocycles. The molecule has 3 heterocycles. The Morgan fingerprint density at radius 2 is 1.89 bits per heavy atom. The Balaban J connectivity index is 1.66. The van der Waals surface area contributed by atoms with E-state index in [0.717, 1.165) is 61.7 Å². The summed E-state index contributed by atoms with van der Waals surface area (Å²) in [4.78, 5) is 22.7. The molecule has 4 rings (SSSR count). The fourth-order valence-electron chi connectivity index (χ4n) is 4.85. The molecule has 0 spiro atoms. The molecule has 0 unspecified atom stereocenters. The minimum atomic E-state index is -0.372. The third-order valence-electron chi connectivity index (χ3n) is 6.73. The van der Waals surface area contributed by atoms with Crippen LogP contribution in [0.3, 0.4) is 0 Å². The van der Waals surface area contributed by atoms with Gasteiger partial charge in [0.05, 0.1) is 11.2 Å². The number of hydrogen-bond donors (Lipinski definition) is 0. The highest BCUT2D eigenvalue weighted by Crippen LogP contribution is 2.27. The van der Waals surface area contributed by atoms with E-state index in [1.807, 2.05) is 36.7 Å². The van der Waals surface area contributed by atoms with Gasteiger partial charge in [-0.3, -0.25) is 9.89 Å². The lowest BCUT2D eigenvalue weighted by Gasteiger charge is -2.33. The van der Waals surface area contributed by atoms with Crippen LogP contribution in [0.5, 0.6) is 0 Å². The van der Waals surface area contributed by atoms with Gasteiger partial charge in [-0.15, -0.1) is 0 Å². The predicted molar refractivity (Wildman–Crippen MR) is 146 cm³/mol. The highest BCUT2D eigenvalue weighted by atomic mass is 19.1. The zero-order valence-corrected chi connectivity index (χ0v) is 22.0. The van der Waals surface area contributed by atoms with Crippen molar-refractivity contribution in [2.75, 3.05) is 32.7 Å². The average molecular weight is 490 g/mol. The third-order valence-corrected chi connectivity index (χ3v) is 6.73. The summed E-state index contributed by atoms with van der Waals surface area (Å²) in [6.07, 6.45) is 3.52. The molecular formula is C28H36FN7. The van der Waals surface area contributed by atoms with Crippen LogP contribution >= 0.6 is 0 Å². The fraction of sp³-hybridized carbons (Fsp3) is 0.429. The molecule has 0 amide bonds. The third kappa shape index (κ3) is 5.60. The highest BCUT2D eigenvalue weighted by Gasteiger charge is 2.18. The van der Waals surface area contributed by atoms with Gasteiger partial charge in [-0.05, 0) is 70.3 Å². The molecule has 0 bridgehead atoms. The van der Waals surface area contributed by atoms with Gasteiger partial charge >= 0.3 is 0 Å². The smallest absolute Gasteiger partial charge is 0.152 e. The van der Waals surface area contributed by atoms with E-state index in [1.54, 1.807) is 6.20 Å². The summed E-state index contributed by atoms with van der Waals surface area (Å²) in [5.74, 6) is 0.974. The molecule has 0 atom stereocenters. The number of aryl methyl sites for hydroxylation is 1. The molecular weight excluding hydrogens is 453 g/mol. The van der Waals surface area contributed by atoms with Gasteiger partial charge in [0, 0.05) is 56.7 Å². The Labute approximate surface area is 213 Å². The second-order valence-electron chi connectivity index (χ2n) is 9.64. The summed E-state index contributed by atoms with van der Waals surface area (Å²) in [5, 5.41) is 0. The summed E-state index contributed by atoms with van der Waals surface area (Å²) in [6, 6.07) is 7.58. The summed E-state index contributed by atoms with van der Waals surface area (Å²) in [7, 11) is 0. The lowest BCUT2D eigenvalue weighted by atomic mass is 10.0. The highest BCUT2D eigenvalue weighted by molar-refractivity contribution is 6.14. The Kier molecular flexibility index (Phi) is 8.06. The molecule has 7 nitrogen and oxygen atoms in total. The molecule has 0 radical (unpaired) electrons. The van der Waals surface area contributed by atoms with Gasteiger partial charge in [-0.1, -0.05) is 13.0 Å². The number of hydrogen-bond acceptors (Lipinski definition) is 6. The van der Waals surface area contributed by atoms with E-state index in [-0.39, 0.29) is 11.9 Å². The van der Waals surface area contributed by atoms with E-state index in [2.05, 4.69) is 58.3 Å². The van der Waals surface area contributed by atoms with Crippen LogP contribution in [-0.4, -0.2) is 69.5 Å². The molecule has 1 fully saturated rings. The van der Waals surface area contributed by atoms with Crippen LogP contribution in [0, 0.1) is 12.7 Å². The number of pyridine rings is 1. The summed E-state index contributed by atoms with van der Waals surface area (Å²) < 4.78 is 17.2. The standard InChI is InChI=1S/C28H36FN7/c1-7-34-10-12-35(13-11-34)18-22-8-9-26(31-17-22)33-27(20(4)16-30-6)23-14-24(29)28-25(15-23)36(19(2)3)21(5)32-28/h8-9,14-17,19H,6-7,10-13,18H2,1-5H3/b20-16-,33-27?. The number of halogens is 1. The number of allylic oxidation sites excluding steroid dienone is 1. The molecule has 1 saturated heterocycles. The number of aliphatic imine (C=N–C) groups is 2. The van der Waals surface area contributed by atoms with Crippen molar-refractivity contribution in [3.63, 3.8) is 0 Å². The number of imidazole rings is 1. The van der Waals surface area contributed by atoms with Crippen LogP contribution in [0.4, 0.5) is 10.2 Å². The van der Waals surface area contributed by atoms with Gasteiger partial charge < -0.3 is 9.47 Å². The first kappa shape index (κ1) is 25.9. The Hall–Kier alpha value is -3.23. The molecule has 36 heavy (non-hydrogen) atoms. The van der Waals surface area contributed by atoms with Crippen LogP contribution in [0.25, 0.3) is 11.0 Å².